The van der Waals surface area contributed by atoms with Crippen LogP contribution in [0.4, 0.5) is 0 Å². The van der Waals surface area contributed by atoms with Crippen molar-refractivity contribution < 1.29 is 39.0 Å². The van der Waals surface area contributed by atoms with E-state index in [1.807, 2.05) is 0 Å². The molecule has 0 fully saturated rings. The molecule has 60 valence electrons. The number of carboxylic acid groups (broad SMARTS) is 1. The molecule has 4 nitrogen and oxygen atoms in total. The van der Waals surface area contributed by atoms with Crippen molar-refractivity contribution in [3.8, 4) is 0 Å². The third-order valence-corrected chi connectivity index (χ3v) is 1.18. The van der Waals surface area contributed by atoms with Gasteiger partial charge in [-0.3, -0.25) is 0 Å². The Morgan fingerprint density at radius 2 is 2.09 bits per heavy atom. The molecule has 0 unspecified atom stereocenters. The maximum Gasteiger partial charge on any atom is 1.00 e. The van der Waals surface area contributed by atoms with E-state index in [0.29, 0.717) is 0 Å². The molecule has 0 bridgehead atoms. The number of carbonyl (C=O) groups excluding carboxylic acids is 1. The number of aliphatic hydroxyl groups is 2. The molecule has 0 heterocycles. The zero-order valence-electron chi connectivity index (χ0n) is 6.83. The van der Waals surface area contributed by atoms with E-state index in [-0.39, 0.29) is 31.9 Å². The molecule has 0 aliphatic rings. The van der Waals surface area contributed by atoms with E-state index in [2.05, 4.69) is 0 Å². The first-order valence-corrected chi connectivity index (χ1v) is 3.01. The van der Waals surface area contributed by atoms with Gasteiger partial charge >= 0.3 is 18.9 Å². The molecule has 0 aromatic heterocycles. The molecule has 5 heteroatoms. The Morgan fingerprint density at radius 3 is 2.36 bits per heavy atom. The van der Waals surface area contributed by atoms with E-state index in [9.17, 15) is 9.90 Å². The number of hydrogen-bond acceptors (Lipinski definition) is 4. The second-order valence-electron chi connectivity index (χ2n) is 2.52. The number of carboxylic acids is 1. The minimum atomic E-state index is -1.34. The molecule has 0 aliphatic heterocycles. The number of aliphatic hydroxyl groups excluding tert-OH is 1. The quantitative estimate of drug-likeness (QED) is 0.398. The Labute approximate surface area is 77.4 Å². The summed E-state index contributed by atoms with van der Waals surface area (Å²) in [5, 5.41) is 27.4. The van der Waals surface area contributed by atoms with Crippen LogP contribution < -0.4 is 24.0 Å². The summed E-state index contributed by atoms with van der Waals surface area (Å²) in [6.45, 7) is 1.12. The number of rotatable bonds is 4. The van der Waals surface area contributed by atoms with Gasteiger partial charge in [-0.25, -0.2) is 0 Å². The van der Waals surface area contributed by atoms with Crippen molar-refractivity contribution in [3.63, 3.8) is 0 Å². The van der Waals surface area contributed by atoms with E-state index in [4.69, 9.17) is 10.2 Å². The van der Waals surface area contributed by atoms with E-state index in [1.54, 1.807) is 0 Å². The van der Waals surface area contributed by atoms with Crippen molar-refractivity contribution in [2.45, 2.75) is 25.4 Å². The summed E-state index contributed by atoms with van der Waals surface area (Å²) in [6.07, 6.45) is -0.380. The summed E-state index contributed by atoms with van der Waals surface area (Å²) >= 11 is 0. The van der Waals surface area contributed by atoms with Gasteiger partial charge in [-0.05, 0) is 13.3 Å². The Morgan fingerprint density at radius 1 is 1.64 bits per heavy atom. The summed E-state index contributed by atoms with van der Waals surface area (Å²) < 4.78 is 0. The Balaban J connectivity index is 0. The van der Waals surface area contributed by atoms with E-state index in [0.717, 1.165) is 0 Å². The van der Waals surface area contributed by atoms with Crippen LogP contribution in [0.15, 0.2) is 0 Å². The first kappa shape index (κ1) is 13.6. The van der Waals surface area contributed by atoms with Crippen LogP contribution in [0.1, 0.15) is 19.8 Å². The van der Waals surface area contributed by atoms with Gasteiger partial charge in [0.2, 0.25) is 0 Å². The summed E-state index contributed by atoms with van der Waals surface area (Å²) in [6, 6.07) is 0. The first-order chi connectivity index (χ1) is 4.48. The standard InChI is InChI=1S/C6H12O4.Li/c1-6(10,2-3-7)4-5(8)9;/h7,10H,2-4H2,1H3,(H,8,9);/q;+1/p-1/t6-;/m1./s1. The van der Waals surface area contributed by atoms with Crippen LogP contribution in [0.3, 0.4) is 0 Å². The molecule has 0 saturated carbocycles. The second kappa shape index (κ2) is 5.61. The number of carbonyl (C=O) groups is 1. The average Bonchev–Trinajstić information content (AvgIpc) is 1.59. The predicted octanol–water partition coefficient (Wildman–Crippen LogP) is -4.74. The first-order valence-electron chi connectivity index (χ1n) is 3.01. The largest absolute Gasteiger partial charge is 1.00 e. The molecule has 0 radical (unpaired) electrons. The van der Waals surface area contributed by atoms with Gasteiger partial charge in [0.25, 0.3) is 0 Å². The van der Waals surface area contributed by atoms with E-state index < -0.39 is 18.0 Å². The fourth-order valence-corrected chi connectivity index (χ4v) is 0.640. The number of hydrogen-bond donors (Lipinski definition) is 2. The minimum absolute atomic E-state index is 0. The van der Waals surface area contributed by atoms with Gasteiger partial charge < -0.3 is 20.1 Å². The van der Waals surface area contributed by atoms with Crippen molar-refractivity contribution >= 4 is 5.97 Å². The third kappa shape index (κ3) is 7.89. The average molecular weight is 154 g/mol. The second-order valence-corrected chi connectivity index (χ2v) is 2.52. The smallest absolute Gasteiger partial charge is 0.550 e. The molecule has 0 aromatic carbocycles. The zero-order chi connectivity index (χ0) is 8.20. The van der Waals surface area contributed by atoms with E-state index >= 15 is 0 Å². The van der Waals surface area contributed by atoms with Crippen LogP contribution in [0.25, 0.3) is 0 Å². The van der Waals surface area contributed by atoms with Crippen LogP contribution in [-0.4, -0.2) is 28.4 Å². The normalized spacial score (nSPS) is 14.8. The molecule has 0 amide bonds. The van der Waals surface area contributed by atoms with Crippen molar-refractivity contribution in [2.75, 3.05) is 6.61 Å². The molecule has 0 spiro atoms. The van der Waals surface area contributed by atoms with Crippen molar-refractivity contribution in [3.05, 3.63) is 0 Å². The molecule has 1 atom stereocenters. The topological polar surface area (TPSA) is 80.6 Å². The van der Waals surface area contributed by atoms with Gasteiger partial charge in [0, 0.05) is 19.0 Å². The Bertz CT molecular complexity index is 124. The van der Waals surface area contributed by atoms with Crippen molar-refractivity contribution in [2.24, 2.45) is 0 Å². The van der Waals surface area contributed by atoms with Gasteiger partial charge in [0.15, 0.2) is 0 Å². The predicted molar refractivity (Wildman–Crippen MR) is 32.0 cm³/mol. The zero-order valence-corrected chi connectivity index (χ0v) is 6.83. The summed E-state index contributed by atoms with van der Waals surface area (Å²) in [4.78, 5) is 9.94. The fraction of sp³-hybridized carbons (Fsp3) is 0.833. The van der Waals surface area contributed by atoms with Gasteiger partial charge in [-0.15, -0.1) is 0 Å². The molecule has 11 heavy (non-hydrogen) atoms. The monoisotopic (exact) mass is 154 g/mol. The molecule has 0 rings (SSSR count). The van der Waals surface area contributed by atoms with Crippen LogP contribution in [-0.2, 0) is 4.79 Å². The Hall–Kier alpha value is -0.0126. The number of aliphatic carboxylic acids is 1. The maximum atomic E-state index is 9.94. The van der Waals surface area contributed by atoms with Crippen LogP contribution in [0.5, 0.6) is 0 Å². The third-order valence-electron chi connectivity index (χ3n) is 1.18. The van der Waals surface area contributed by atoms with Gasteiger partial charge in [0.05, 0.1) is 5.60 Å². The van der Waals surface area contributed by atoms with Gasteiger partial charge in [0.1, 0.15) is 0 Å². The molecule has 0 saturated heterocycles. The van der Waals surface area contributed by atoms with Crippen molar-refractivity contribution in [1.82, 2.24) is 0 Å². The molecule has 0 aliphatic carbocycles. The summed E-state index contributed by atoms with van der Waals surface area (Å²) in [5.74, 6) is -1.31. The van der Waals surface area contributed by atoms with Crippen LogP contribution in [0, 0.1) is 0 Å². The molecular weight excluding hydrogens is 143 g/mol. The van der Waals surface area contributed by atoms with Crippen LogP contribution in [0.2, 0.25) is 0 Å². The van der Waals surface area contributed by atoms with Gasteiger partial charge in [-0.2, -0.15) is 0 Å². The molecular formula is C6H11LiO4. The van der Waals surface area contributed by atoms with Crippen LogP contribution >= 0.6 is 0 Å². The maximum absolute atomic E-state index is 9.94. The molecule has 2 N–H and O–H groups in total. The van der Waals surface area contributed by atoms with Gasteiger partial charge in [-0.1, -0.05) is 0 Å². The summed E-state index contributed by atoms with van der Waals surface area (Å²) in [7, 11) is 0. The van der Waals surface area contributed by atoms with E-state index in [1.165, 1.54) is 6.92 Å². The SMILES string of the molecule is C[C@@](O)(CCO)CC(=O)[O-].[Li+]. The van der Waals surface area contributed by atoms with Crippen molar-refractivity contribution in [1.29, 1.82) is 0 Å². The Kier molecular flexibility index (Phi) is 6.92. The molecule has 0 aromatic rings. The summed E-state index contributed by atoms with van der Waals surface area (Å²) in [5.41, 5.74) is -1.34. The minimum Gasteiger partial charge on any atom is -0.550 e. The fourth-order valence-electron chi connectivity index (χ4n) is 0.640.